The number of amides is 2. The van der Waals surface area contributed by atoms with Gasteiger partial charge in [0, 0.05) is 12.1 Å². The molecule has 7 nitrogen and oxygen atoms in total. The second-order valence-corrected chi connectivity index (χ2v) is 8.63. The Balaban J connectivity index is 1.85. The molecule has 3 rings (SSSR count). The first-order chi connectivity index (χ1) is 13.4. The average molecular weight is 397 g/mol. The summed E-state index contributed by atoms with van der Waals surface area (Å²) in [6.45, 7) is -0.108. The largest absolute Gasteiger partial charge is 0.341 e. The van der Waals surface area contributed by atoms with Crippen molar-refractivity contribution in [2.75, 3.05) is 12.3 Å². The molecule has 1 aliphatic rings. The Morgan fingerprint density at radius 2 is 1.82 bits per heavy atom. The molecule has 1 atom stereocenters. The Labute approximate surface area is 163 Å². The summed E-state index contributed by atoms with van der Waals surface area (Å²) in [5.74, 6) is -1.79. The van der Waals surface area contributed by atoms with Crippen LogP contribution in [0.1, 0.15) is 21.5 Å². The molecular formula is C20H19N3O4S. The van der Waals surface area contributed by atoms with Gasteiger partial charge in [-0.1, -0.05) is 48.5 Å². The number of hydrogen-bond acceptors (Lipinski definition) is 5. The van der Waals surface area contributed by atoms with Gasteiger partial charge in [0.1, 0.15) is 12.6 Å². The van der Waals surface area contributed by atoms with E-state index in [-0.39, 0.29) is 24.7 Å². The first-order valence-corrected chi connectivity index (χ1v) is 10.5. The van der Waals surface area contributed by atoms with Crippen LogP contribution in [0.15, 0.2) is 54.6 Å². The van der Waals surface area contributed by atoms with Crippen LogP contribution in [0, 0.1) is 11.3 Å². The van der Waals surface area contributed by atoms with Gasteiger partial charge >= 0.3 is 0 Å². The van der Waals surface area contributed by atoms with E-state index in [4.69, 9.17) is 5.26 Å². The number of fused-ring (bicyclic) bond motifs is 1. The lowest BCUT2D eigenvalue weighted by Crippen LogP contribution is -2.50. The van der Waals surface area contributed by atoms with Crippen LogP contribution in [0.5, 0.6) is 0 Å². The van der Waals surface area contributed by atoms with Crippen molar-refractivity contribution < 1.29 is 18.0 Å². The van der Waals surface area contributed by atoms with Gasteiger partial charge in [0.05, 0.1) is 17.6 Å². The van der Waals surface area contributed by atoms with Gasteiger partial charge in [-0.3, -0.25) is 9.59 Å². The number of benzene rings is 2. The van der Waals surface area contributed by atoms with Gasteiger partial charge in [0.15, 0.2) is 9.84 Å². The smallest absolute Gasteiger partial charge is 0.255 e. The van der Waals surface area contributed by atoms with Crippen LogP contribution in [0.2, 0.25) is 0 Å². The van der Waals surface area contributed by atoms with Crippen LogP contribution < -0.4 is 5.32 Å². The third-order valence-electron chi connectivity index (χ3n) is 4.51. The standard InChI is InChI=1S/C20H19N3O4S/c21-10-11-22-19(24)18(14-28(26,27)13-15-6-2-1-3-7-15)23-12-16-8-4-5-9-17(16)20(23)25/h1-9,18H,11-14H2,(H,22,24). The number of nitrogens with one attached hydrogen (secondary N) is 1. The lowest BCUT2D eigenvalue weighted by atomic mass is 10.1. The first kappa shape index (κ1) is 19.6. The molecule has 1 N–H and O–H groups in total. The van der Waals surface area contributed by atoms with Crippen LogP contribution in [0.4, 0.5) is 0 Å². The van der Waals surface area contributed by atoms with Crippen LogP contribution in [0.25, 0.3) is 0 Å². The molecular weight excluding hydrogens is 378 g/mol. The van der Waals surface area contributed by atoms with Gasteiger partial charge < -0.3 is 10.2 Å². The molecule has 1 aliphatic heterocycles. The summed E-state index contributed by atoms with van der Waals surface area (Å²) in [5, 5.41) is 11.1. The van der Waals surface area contributed by atoms with Crippen molar-refractivity contribution >= 4 is 21.7 Å². The maximum Gasteiger partial charge on any atom is 0.255 e. The quantitative estimate of drug-likeness (QED) is 0.708. The SMILES string of the molecule is N#CCNC(=O)C(CS(=O)(=O)Cc1ccccc1)N1Cc2ccccc2C1=O. The van der Waals surface area contributed by atoms with Gasteiger partial charge in [0.25, 0.3) is 5.91 Å². The number of nitriles is 1. The molecule has 28 heavy (non-hydrogen) atoms. The van der Waals surface area contributed by atoms with Gasteiger partial charge in [0.2, 0.25) is 5.91 Å². The molecule has 2 aromatic rings. The van der Waals surface area contributed by atoms with Crippen LogP contribution in [0.3, 0.4) is 0 Å². The normalized spacial score (nSPS) is 14.2. The molecule has 0 radical (unpaired) electrons. The van der Waals surface area contributed by atoms with E-state index in [9.17, 15) is 18.0 Å². The molecule has 0 saturated carbocycles. The van der Waals surface area contributed by atoms with E-state index in [2.05, 4.69) is 5.32 Å². The summed E-state index contributed by atoms with van der Waals surface area (Å²) in [6.07, 6.45) is 0. The first-order valence-electron chi connectivity index (χ1n) is 8.69. The van der Waals surface area contributed by atoms with Crippen LogP contribution >= 0.6 is 0 Å². The minimum absolute atomic E-state index is 0.153. The fourth-order valence-corrected chi connectivity index (χ4v) is 4.84. The highest BCUT2D eigenvalue weighted by molar-refractivity contribution is 7.90. The molecule has 8 heteroatoms. The lowest BCUT2D eigenvalue weighted by molar-refractivity contribution is -0.124. The number of rotatable bonds is 7. The number of carbonyl (C=O) groups excluding carboxylic acids is 2. The Kier molecular flexibility index (Phi) is 5.76. The fourth-order valence-electron chi connectivity index (χ4n) is 3.21. The molecule has 1 heterocycles. The number of hydrogen-bond donors (Lipinski definition) is 1. The van der Waals surface area contributed by atoms with Gasteiger partial charge in [-0.15, -0.1) is 0 Å². The second kappa shape index (κ2) is 8.23. The molecule has 0 aromatic heterocycles. The van der Waals surface area contributed by atoms with E-state index in [0.717, 1.165) is 5.56 Å². The lowest BCUT2D eigenvalue weighted by Gasteiger charge is -2.26. The van der Waals surface area contributed by atoms with Crippen molar-refractivity contribution in [3.05, 3.63) is 71.3 Å². The Morgan fingerprint density at radius 3 is 2.50 bits per heavy atom. The molecule has 0 fully saturated rings. The summed E-state index contributed by atoms with van der Waals surface area (Å²) >= 11 is 0. The zero-order chi connectivity index (χ0) is 20.1. The summed E-state index contributed by atoms with van der Waals surface area (Å²) < 4.78 is 25.5. The van der Waals surface area contributed by atoms with Gasteiger partial charge in [-0.25, -0.2) is 8.42 Å². The molecule has 2 aromatic carbocycles. The maximum absolute atomic E-state index is 12.7. The number of nitrogens with zero attached hydrogens (tertiary/aromatic N) is 2. The molecule has 1 unspecified atom stereocenters. The summed E-state index contributed by atoms with van der Waals surface area (Å²) in [6, 6.07) is 16.2. The fraction of sp³-hybridized carbons (Fsp3) is 0.250. The molecule has 0 aliphatic carbocycles. The maximum atomic E-state index is 12.7. The van der Waals surface area contributed by atoms with Crippen molar-refractivity contribution in [1.29, 1.82) is 5.26 Å². The third-order valence-corrected chi connectivity index (χ3v) is 6.11. The van der Waals surface area contributed by atoms with Crippen molar-refractivity contribution in [1.82, 2.24) is 10.2 Å². The third kappa shape index (κ3) is 4.38. The van der Waals surface area contributed by atoms with Crippen LogP contribution in [-0.4, -0.2) is 43.5 Å². The molecule has 144 valence electrons. The number of carbonyl (C=O) groups is 2. The van der Waals surface area contributed by atoms with E-state index in [1.54, 1.807) is 60.7 Å². The summed E-state index contributed by atoms with van der Waals surface area (Å²) in [4.78, 5) is 26.6. The Hall–Kier alpha value is -3.18. The molecule has 0 bridgehead atoms. The van der Waals surface area contributed by atoms with Gasteiger partial charge in [-0.05, 0) is 17.2 Å². The predicted molar refractivity (Wildman–Crippen MR) is 103 cm³/mol. The van der Waals surface area contributed by atoms with E-state index >= 15 is 0 Å². The number of sulfone groups is 1. The van der Waals surface area contributed by atoms with Crippen molar-refractivity contribution in [2.45, 2.75) is 18.3 Å². The summed E-state index contributed by atoms with van der Waals surface area (Å²) in [5.41, 5.74) is 1.81. The van der Waals surface area contributed by atoms with Crippen molar-refractivity contribution in [3.8, 4) is 6.07 Å². The summed E-state index contributed by atoms with van der Waals surface area (Å²) in [7, 11) is -3.69. The van der Waals surface area contributed by atoms with Crippen molar-refractivity contribution in [2.24, 2.45) is 0 Å². The monoisotopic (exact) mass is 397 g/mol. The van der Waals surface area contributed by atoms with Crippen LogP contribution in [-0.2, 0) is 26.9 Å². The molecule has 0 spiro atoms. The highest BCUT2D eigenvalue weighted by Crippen LogP contribution is 2.25. The van der Waals surface area contributed by atoms with Crippen molar-refractivity contribution in [3.63, 3.8) is 0 Å². The van der Waals surface area contributed by atoms with E-state index in [1.807, 2.05) is 0 Å². The minimum atomic E-state index is -3.69. The topological polar surface area (TPSA) is 107 Å². The van der Waals surface area contributed by atoms with E-state index < -0.39 is 27.5 Å². The van der Waals surface area contributed by atoms with E-state index in [0.29, 0.717) is 11.1 Å². The second-order valence-electron chi connectivity index (χ2n) is 6.52. The zero-order valence-electron chi connectivity index (χ0n) is 15.0. The minimum Gasteiger partial charge on any atom is -0.341 e. The Morgan fingerprint density at radius 1 is 1.14 bits per heavy atom. The van der Waals surface area contributed by atoms with Gasteiger partial charge in [-0.2, -0.15) is 5.26 Å². The molecule has 0 saturated heterocycles. The zero-order valence-corrected chi connectivity index (χ0v) is 15.9. The van der Waals surface area contributed by atoms with E-state index in [1.165, 1.54) is 4.90 Å². The highest BCUT2D eigenvalue weighted by atomic mass is 32.2. The molecule has 2 amide bonds. The highest BCUT2D eigenvalue weighted by Gasteiger charge is 2.38. The predicted octanol–water partition coefficient (Wildman–Crippen LogP) is 1.27. The average Bonchev–Trinajstić information content (AvgIpc) is 3.01. The Bertz CT molecular complexity index is 1030.